The van der Waals surface area contributed by atoms with Gasteiger partial charge < -0.3 is 4.90 Å². The highest BCUT2D eigenvalue weighted by Gasteiger charge is 2.07. The van der Waals surface area contributed by atoms with Crippen molar-refractivity contribution in [3.05, 3.63) is 29.8 Å². The first-order valence-electron chi connectivity index (χ1n) is 7.04. The maximum atomic E-state index is 13.5. The molecule has 102 valence electrons. The van der Waals surface area contributed by atoms with Gasteiger partial charge in [0.25, 0.3) is 0 Å². The average molecular weight is 251 g/mol. The zero-order valence-electron chi connectivity index (χ0n) is 12.0. The molecule has 1 rings (SSSR count). The van der Waals surface area contributed by atoms with Crippen molar-refractivity contribution in [2.24, 2.45) is 0 Å². The van der Waals surface area contributed by atoms with E-state index in [2.05, 4.69) is 50.2 Å². The van der Waals surface area contributed by atoms with E-state index in [0.29, 0.717) is 6.42 Å². The lowest BCUT2D eigenvalue weighted by Gasteiger charge is -2.17. The van der Waals surface area contributed by atoms with E-state index in [1.807, 2.05) is 0 Å². The molecule has 0 amide bonds. The number of unbranched alkanes of at least 4 members (excludes halogenated alkanes) is 1. The van der Waals surface area contributed by atoms with Gasteiger partial charge in [-0.2, -0.15) is 0 Å². The largest absolute Gasteiger partial charge is 0.377 e. The second-order valence-electron chi connectivity index (χ2n) is 5.15. The smallest absolute Gasteiger partial charge is 0.100 e. The normalized spacial score (nSPS) is 12.4. The van der Waals surface area contributed by atoms with Gasteiger partial charge in [-0.15, -0.1) is 0 Å². The minimum atomic E-state index is -0.614. The highest BCUT2D eigenvalue weighted by molar-refractivity contribution is 5.52. The van der Waals surface area contributed by atoms with Crippen LogP contribution in [-0.2, 0) is 6.42 Å². The molecule has 0 bridgehead atoms. The van der Waals surface area contributed by atoms with Crippen molar-refractivity contribution in [2.45, 2.75) is 51.6 Å². The molecule has 1 nitrogen and oxygen atoms in total. The Labute approximate surface area is 111 Å². The summed E-state index contributed by atoms with van der Waals surface area (Å²) in [4.78, 5) is 2.12. The Hall–Kier alpha value is -1.05. The van der Waals surface area contributed by atoms with Crippen molar-refractivity contribution in [1.82, 2.24) is 0 Å². The van der Waals surface area contributed by atoms with Crippen LogP contribution in [0.5, 0.6) is 0 Å². The Morgan fingerprint density at radius 2 is 1.78 bits per heavy atom. The summed E-state index contributed by atoms with van der Waals surface area (Å²) in [7, 11) is 4.11. The summed E-state index contributed by atoms with van der Waals surface area (Å²) in [6.07, 6.45) is 4.82. The molecule has 0 aliphatic heterocycles. The van der Waals surface area contributed by atoms with E-state index in [-0.39, 0.29) is 0 Å². The minimum absolute atomic E-state index is 0.614. The first-order chi connectivity index (χ1) is 8.65. The van der Waals surface area contributed by atoms with E-state index in [1.54, 1.807) is 0 Å². The molecule has 0 aromatic heterocycles. The Kier molecular flexibility index (Phi) is 6.77. The van der Waals surface area contributed by atoms with Crippen LogP contribution >= 0.6 is 0 Å². The lowest BCUT2D eigenvalue weighted by atomic mass is 10.0. The summed E-state index contributed by atoms with van der Waals surface area (Å²) in [5, 5.41) is 0. The van der Waals surface area contributed by atoms with Crippen LogP contribution in [0.2, 0.25) is 0 Å². The molecule has 0 N–H and O–H groups in total. The topological polar surface area (TPSA) is 3.24 Å². The third-order valence-corrected chi connectivity index (χ3v) is 3.31. The molecule has 0 aliphatic rings. The third-order valence-electron chi connectivity index (χ3n) is 3.31. The molecule has 0 saturated heterocycles. The predicted molar refractivity (Wildman–Crippen MR) is 78.1 cm³/mol. The van der Waals surface area contributed by atoms with E-state index in [0.717, 1.165) is 32.1 Å². The number of anilines is 1. The van der Waals surface area contributed by atoms with Crippen molar-refractivity contribution in [3.63, 3.8) is 0 Å². The van der Waals surface area contributed by atoms with Gasteiger partial charge in [-0.3, -0.25) is 0 Å². The van der Waals surface area contributed by atoms with Gasteiger partial charge in [0.2, 0.25) is 0 Å². The van der Waals surface area contributed by atoms with Gasteiger partial charge in [0.15, 0.2) is 0 Å². The summed E-state index contributed by atoms with van der Waals surface area (Å²) in [5.74, 6) is 0. The van der Waals surface area contributed by atoms with Gasteiger partial charge in [-0.25, -0.2) is 4.39 Å². The number of rotatable bonds is 8. The van der Waals surface area contributed by atoms with Crippen LogP contribution in [0.25, 0.3) is 0 Å². The molecule has 1 atom stereocenters. The van der Waals surface area contributed by atoms with E-state index in [1.165, 1.54) is 11.3 Å². The number of hydrogen-bond donors (Lipinski definition) is 0. The Morgan fingerprint density at radius 3 is 2.44 bits per heavy atom. The number of hydrogen-bond acceptors (Lipinski definition) is 1. The van der Waals surface area contributed by atoms with E-state index in [9.17, 15) is 4.39 Å². The number of benzene rings is 1. The Balaban J connectivity index is 2.39. The summed E-state index contributed by atoms with van der Waals surface area (Å²) < 4.78 is 13.5. The van der Waals surface area contributed by atoms with Crippen molar-refractivity contribution < 1.29 is 4.39 Å². The zero-order chi connectivity index (χ0) is 13.4. The summed E-state index contributed by atoms with van der Waals surface area (Å²) in [6, 6.07) is 8.39. The van der Waals surface area contributed by atoms with Crippen molar-refractivity contribution in [3.8, 4) is 0 Å². The fourth-order valence-electron chi connectivity index (χ4n) is 2.24. The van der Waals surface area contributed by atoms with Crippen LogP contribution in [0, 0.1) is 0 Å². The number of para-hydroxylation sites is 1. The van der Waals surface area contributed by atoms with Gasteiger partial charge in [0, 0.05) is 19.8 Å². The summed E-state index contributed by atoms with van der Waals surface area (Å²) in [6.45, 7) is 2.11. The molecule has 0 fully saturated rings. The molecule has 1 unspecified atom stereocenters. The highest BCUT2D eigenvalue weighted by Crippen LogP contribution is 2.21. The fourth-order valence-corrected chi connectivity index (χ4v) is 2.24. The zero-order valence-corrected chi connectivity index (χ0v) is 12.0. The predicted octanol–water partition coefficient (Wildman–Crippen LogP) is 4.60. The molecule has 0 aliphatic carbocycles. The van der Waals surface area contributed by atoms with Gasteiger partial charge in [0.05, 0.1) is 0 Å². The van der Waals surface area contributed by atoms with Gasteiger partial charge in [0.1, 0.15) is 6.17 Å². The molecular weight excluding hydrogens is 225 g/mol. The lowest BCUT2D eigenvalue weighted by molar-refractivity contribution is 0.284. The van der Waals surface area contributed by atoms with Crippen LogP contribution in [-0.4, -0.2) is 20.3 Å². The van der Waals surface area contributed by atoms with E-state index >= 15 is 0 Å². The number of nitrogens with zero attached hydrogens (tertiary/aromatic N) is 1. The van der Waals surface area contributed by atoms with Gasteiger partial charge in [-0.05, 0) is 37.3 Å². The van der Waals surface area contributed by atoms with Gasteiger partial charge in [-0.1, -0.05) is 38.0 Å². The van der Waals surface area contributed by atoms with E-state index < -0.39 is 6.17 Å². The summed E-state index contributed by atoms with van der Waals surface area (Å²) in [5.41, 5.74) is 2.58. The molecule has 2 heteroatoms. The fraction of sp³-hybridized carbons (Fsp3) is 0.625. The molecule has 18 heavy (non-hydrogen) atoms. The third kappa shape index (κ3) is 5.07. The first-order valence-corrected chi connectivity index (χ1v) is 7.04. The quantitative estimate of drug-likeness (QED) is 0.652. The standard InChI is InChI=1S/C16H26FN/c1-4-5-11-15(17)12-8-10-14-9-6-7-13-16(14)18(2)3/h6-7,9,13,15H,4-5,8,10-12H2,1-3H3. The van der Waals surface area contributed by atoms with Crippen LogP contribution in [0.1, 0.15) is 44.6 Å². The Morgan fingerprint density at radius 1 is 1.11 bits per heavy atom. The SMILES string of the molecule is CCCCC(F)CCCc1ccccc1N(C)C. The highest BCUT2D eigenvalue weighted by atomic mass is 19.1. The first kappa shape index (κ1) is 15.0. The molecule has 0 saturated carbocycles. The molecule has 0 spiro atoms. The maximum absolute atomic E-state index is 13.5. The van der Waals surface area contributed by atoms with Gasteiger partial charge >= 0.3 is 0 Å². The second kappa shape index (κ2) is 8.12. The van der Waals surface area contributed by atoms with Crippen LogP contribution in [0.15, 0.2) is 24.3 Å². The number of alkyl halides is 1. The van der Waals surface area contributed by atoms with Crippen molar-refractivity contribution in [2.75, 3.05) is 19.0 Å². The second-order valence-corrected chi connectivity index (χ2v) is 5.15. The molecule has 0 radical (unpaired) electrons. The molecule has 1 aromatic carbocycles. The van der Waals surface area contributed by atoms with Crippen molar-refractivity contribution >= 4 is 5.69 Å². The van der Waals surface area contributed by atoms with Crippen LogP contribution in [0.4, 0.5) is 10.1 Å². The maximum Gasteiger partial charge on any atom is 0.100 e. The van der Waals surface area contributed by atoms with Crippen molar-refractivity contribution in [1.29, 1.82) is 0 Å². The average Bonchev–Trinajstić information content (AvgIpc) is 2.36. The molecular formula is C16H26FN. The number of halogens is 1. The monoisotopic (exact) mass is 251 g/mol. The molecule has 1 aromatic rings. The minimum Gasteiger partial charge on any atom is -0.377 e. The lowest BCUT2D eigenvalue weighted by Crippen LogP contribution is -2.11. The number of aryl methyl sites for hydroxylation is 1. The Bertz CT molecular complexity index is 336. The molecule has 0 heterocycles. The summed E-state index contributed by atoms with van der Waals surface area (Å²) >= 11 is 0. The van der Waals surface area contributed by atoms with Crippen LogP contribution in [0.3, 0.4) is 0 Å². The van der Waals surface area contributed by atoms with Crippen LogP contribution < -0.4 is 4.90 Å². The van der Waals surface area contributed by atoms with E-state index in [4.69, 9.17) is 0 Å².